The van der Waals surface area contributed by atoms with Gasteiger partial charge < -0.3 is 9.73 Å². The molecule has 15 heavy (non-hydrogen) atoms. The Kier molecular flexibility index (Phi) is 5.88. The first kappa shape index (κ1) is 12.7. The molecule has 0 saturated heterocycles. The van der Waals surface area contributed by atoms with Crippen molar-refractivity contribution in [3.05, 3.63) is 23.7 Å². The van der Waals surface area contributed by atoms with Crippen LogP contribution in [0.15, 0.2) is 16.5 Å². The molecule has 0 fully saturated rings. The van der Waals surface area contributed by atoms with Gasteiger partial charge in [-0.1, -0.05) is 13.8 Å². The third-order valence-electron chi connectivity index (χ3n) is 2.31. The fourth-order valence-corrected chi connectivity index (χ4v) is 2.18. The number of aryl methyl sites for hydroxylation is 1. The minimum Gasteiger partial charge on any atom is -0.465 e. The van der Waals surface area contributed by atoms with Gasteiger partial charge in [0.05, 0.1) is 6.54 Å². The number of hydrogen-bond acceptors (Lipinski definition) is 3. The van der Waals surface area contributed by atoms with Gasteiger partial charge >= 0.3 is 0 Å². The van der Waals surface area contributed by atoms with E-state index in [0.717, 1.165) is 36.9 Å². The molecular weight excluding hydrogens is 206 g/mol. The fourth-order valence-electron chi connectivity index (χ4n) is 1.49. The first-order valence-corrected chi connectivity index (χ1v) is 6.92. The molecule has 0 aliphatic rings. The van der Waals surface area contributed by atoms with Crippen LogP contribution in [0.2, 0.25) is 0 Å². The average molecular weight is 227 g/mol. The van der Waals surface area contributed by atoms with Gasteiger partial charge in [-0.3, -0.25) is 0 Å². The molecule has 1 rings (SSSR count). The second-order valence-electron chi connectivity index (χ2n) is 3.91. The van der Waals surface area contributed by atoms with E-state index in [1.54, 1.807) is 0 Å². The summed E-state index contributed by atoms with van der Waals surface area (Å²) in [5.74, 6) is 4.05. The van der Waals surface area contributed by atoms with Gasteiger partial charge in [-0.2, -0.15) is 11.8 Å². The first-order valence-electron chi connectivity index (χ1n) is 5.53. The van der Waals surface area contributed by atoms with Gasteiger partial charge in [-0.05, 0) is 36.6 Å². The maximum Gasteiger partial charge on any atom is 0.117 e. The number of hydrogen-bond donors (Lipinski definition) is 1. The Morgan fingerprint density at radius 1 is 1.40 bits per heavy atom. The summed E-state index contributed by atoms with van der Waals surface area (Å²) >= 11 is 1.90. The van der Waals surface area contributed by atoms with E-state index >= 15 is 0 Å². The van der Waals surface area contributed by atoms with E-state index in [1.807, 2.05) is 11.8 Å². The second-order valence-corrected chi connectivity index (χ2v) is 4.82. The summed E-state index contributed by atoms with van der Waals surface area (Å²) in [6.07, 6.45) is 3.12. The van der Waals surface area contributed by atoms with Gasteiger partial charge in [0.15, 0.2) is 0 Å². The molecule has 0 radical (unpaired) electrons. The molecule has 1 aromatic heterocycles. The van der Waals surface area contributed by atoms with Gasteiger partial charge in [-0.25, -0.2) is 0 Å². The third-order valence-corrected chi connectivity index (χ3v) is 3.21. The molecule has 1 unspecified atom stereocenters. The highest BCUT2D eigenvalue weighted by atomic mass is 32.2. The summed E-state index contributed by atoms with van der Waals surface area (Å²) in [5.41, 5.74) is 0. The topological polar surface area (TPSA) is 25.2 Å². The molecule has 3 heteroatoms. The molecule has 0 spiro atoms. The quantitative estimate of drug-likeness (QED) is 0.775. The lowest BCUT2D eigenvalue weighted by atomic mass is 10.2. The monoisotopic (exact) mass is 227 g/mol. The van der Waals surface area contributed by atoms with E-state index in [2.05, 4.69) is 37.6 Å². The van der Waals surface area contributed by atoms with E-state index in [0.29, 0.717) is 0 Å². The first-order chi connectivity index (χ1) is 7.26. The Bertz CT molecular complexity index is 272. The van der Waals surface area contributed by atoms with Gasteiger partial charge in [0.1, 0.15) is 11.5 Å². The van der Waals surface area contributed by atoms with Crippen LogP contribution in [0.1, 0.15) is 25.4 Å². The van der Waals surface area contributed by atoms with Crippen molar-refractivity contribution < 1.29 is 4.42 Å². The zero-order valence-corrected chi connectivity index (χ0v) is 10.7. The number of nitrogens with one attached hydrogen (secondary N) is 1. The summed E-state index contributed by atoms with van der Waals surface area (Å²) in [4.78, 5) is 0. The Morgan fingerprint density at radius 3 is 2.73 bits per heavy atom. The molecule has 0 aliphatic carbocycles. The molecule has 2 nitrogen and oxygen atoms in total. The number of thioether (sulfide) groups is 1. The molecular formula is C12H21NOS. The minimum atomic E-state index is 0.723. The molecule has 1 heterocycles. The van der Waals surface area contributed by atoms with Crippen molar-refractivity contribution >= 4 is 11.8 Å². The van der Waals surface area contributed by atoms with Crippen molar-refractivity contribution in [1.82, 2.24) is 5.32 Å². The number of furan rings is 1. The Morgan fingerprint density at radius 2 is 2.13 bits per heavy atom. The van der Waals surface area contributed by atoms with Crippen LogP contribution in [-0.4, -0.2) is 18.6 Å². The van der Waals surface area contributed by atoms with Crippen LogP contribution in [-0.2, 0) is 13.0 Å². The summed E-state index contributed by atoms with van der Waals surface area (Å²) in [5, 5.41) is 3.42. The van der Waals surface area contributed by atoms with Crippen LogP contribution in [0.5, 0.6) is 0 Å². The molecule has 1 N–H and O–H groups in total. The van der Waals surface area contributed by atoms with E-state index < -0.39 is 0 Å². The highest BCUT2D eigenvalue weighted by Gasteiger charge is 2.02. The van der Waals surface area contributed by atoms with Crippen molar-refractivity contribution in [3.8, 4) is 0 Å². The van der Waals surface area contributed by atoms with Crippen LogP contribution >= 0.6 is 11.8 Å². The molecule has 1 atom stereocenters. The Labute approximate surface area is 96.8 Å². The Balaban J connectivity index is 2.19. The molecule has 0 saturated carbocycles. The van der Waals surface area contributed by atoms with E-state index in [9.17, 15) is 0 Å². The summed E-state index contributed by atoms with van der Waals surface area (Å²) in [6, 6.07) is 4.12. The minimum absolute atomic E-state index is 0.723. The predicted octanol–water partition coefficient (Wildman–Crippen LogP) is 2.93. The van der Waals surface area contributed by atoms with E-state index in [-0.39, 0.29) is 0 Å². The summed E-state index contributed by atoms with van der Waals surface area (Å²) in [6.45, 7) is 6.28. The van der Waals surface area contributed by atoms with Gasteiger partial charge in [0.25, 0.3) is 0 Å². The largest absolute Gasteiger partial charge is 0.465 e. The van der Waals surface area contributed by atoms with Gasteiger partial charge in [0, 0.05) is 6.42 Å². The standard InChI is InChI=1S/C12H21NOS/c1-4-11-5-6-12(14-11)8-13-7-10(2)9-15-3/h5-6,10,13H,4,7-9H2,1-3H3. The lowest BCUT2D eigenvalue weighted by molar-refractivity contribution is 0.440. The van der Waals surface area contributed by atoms with E-state index in [4.69, 9.17) is 4.42 Å². The van der Waals surface area contributed by atoms with Crippen molar-refractivity contribution in [2.75, 3.05) is 18.6 Å². The number of rotatable bonds is 7. The molecule has 0 bridgehead atoms. The van der Waals surface area contributed by atoms with Gasteiger partial charge in [0.2, 0.25) is 0 Å². The summed E-state index contributed by atoms with van der Waals surface area (Å²) < 4.78 is 5.61. The smallest absolute Gasteiger partial charge is 0.117 e. The SMILES string of the molecule is CCc1ccc(CNCC(C)CSC)o1. The molecule has 1 aromatic rings. The van der Waals surface area contributed by atoms with Crippen molar-refractivity contribution in [3.63, 3.8) is 0 Å². The van der Waals surface area contributed by atoms with Crippen LogP contribution in [0.3, 0.4) is 0 Å². The zero-order chi connectivity index (χ0) is 11.1. The van der Waals surface area contributed by atoms with Crippen molar-refractivity contribution in [1.29, 1.82) is 0 Å². The normalized spacial score (nSPS) is 13.0. The second kappa shape index (κ2) is 6.96. The maximum atomic E-state index is 5.61. The van der Waals surface area contributed by atoms with E-state index in [1.165, 1.54) is 5.75 Å². The van der Waals surface area contributed by atoms with Crippen molar-refractivity contribution in [2.24, 2.45) is 5.92 Å². The van der Waals surface area contributed by atoms with Crippen LogP contribution in [0.25, 0.3) is 0 Å². The molecule has 0 aromatic carbocycles. The average Bonchev–Trinajstić information content (AvgIpc) is 2.66. The lowest BCUT2D eigenvalue weighted by Crippen LogP contribution is -2.21. The summed E-state index contributed by atoms with van der Waals surface area (Å²) in [7, 11) is 0. The molecule has 0 amide bonds. The highest BCUT2D eigenvalue weighted by molar-refractivity contribution is 7.98. The fraction of sp³-hybridized carbons (Fsp3) is 0.667. The zero-order valence-electron chi connectivity index (χ0n) is 9.88. The van der Waals surface area contributed by atoms with Crippen LogP contribution in [0.4, 0.5) is 0 Å². The molecule has 0 aliphatic heterocycles. The maximum absolute atomic E-state index is 5.61. The predicted molar refractivity (Wildman–Crippen MR) is 67.3 cm³/mol. The third kappa shape index (κ3) is 4.76. The van der Waals surface area contributed by atoms with Crippen LogP contribution in [0, 0.1) is 5.92 Å². The van der Waals surface area contributed by atoms with Crippen molar-refractivity contribution in [2.45, 2.75) is 26.8 Å². The van der Waals surface area contributed by atoms with Gasteiger partial charge in [-0.15, -0.1) is 0 Å². The lowest BCUT2D eigenvalue weighted by Gasteiger charge is -2.09. The Hall–Kier alpha value is -0.410. The molecule has 86 valence electrons. The van der Waals surface area contributed by atoms with Crippen LogP contribution < -0.4 is 5.32 Å². The highest BCUT2D eigenvalue weighted by Crippen LogP contribution is 2.08.